The van der Waals surface area contributed by atoms with Gasteiger partial charge in [0.15, 0.2) is 11.5 Å². The van der Waals surface area contributed by atoms with Crippen molar-refractivity contribution >= 4 is 17.5 Å². The van der Waals surface area contributed by atoms with Crippen LogP contribution in [0.15, 0.2) is 42.5 Å². The molecule has 11 heteroatoms. The summed E-state index contributed by atoms with van der Waals surface area (Å²) in [6, 6.07) is 12.6. The molecule has 3 heterocycles. The number of amides is 1. The molecule has 0 bridgehead atoms. The summed E-state index contributed by atoms with van der Waals surface area (Å²) in [6.45, 7) is 1.56. The zero-order valence-electron chi connectivity index (χ0n) is 19.1. The molecule has 1 aliphatic rings. The van der Waals surface area contributed by atoms with Crippen molar-refractivity contribution in [2.75, 3.05) is 18.8 Å². The standard InChI is InChI=1S/C25H22F2N8O/c26-19-6-2-4-15(12-30-13-16-7-8-31-24(16)36)18(19)9-21-33-22-10-20(32-25(29)35(22)34-21)17-5-1-3-14(11-28)23(17)27/h1-6,10,16,30H,7-9,12-13H2,(H2,29,32)(H,31,36). The number of benzene rings is 2. The summed E-state index contributed by atoms with van der Waals surface area (Å²) in [5.74, 6) is -0.864. The number of fused-ring (bicyclic) bond motifs is 1. The van der Waals surface area contributed by atoms with Crippen molar-refractivity contribution in [1.29, 1.82) is 5.26 Å². The van der Waals surface area contributed by atoms with E-state index in [1.54, 1.807) is 18.2 Å². The molecule has 0 aliphatic carbocycles. The fraction of sp³-hybridized carbons (Fsp3) is 0.240. The molecule has 0 radical (unpaired) electrons. The van der Waals surface area contributed by atoms with Gasteiger partial charge < -0.3 is 16.4 Å². The van der Waals surface area contributed by atoms with Gasteiger partial charge in [0.1, 0.15) is 17.7 Å². The lowest BCUT2D eigenvalue weighted by molar-refractivity contribution is -0.122. The van der Waals surface area contributed by atoms with Crippen molar-refractivity contribution in [2.24, 2.45) is 5.92 Å². The largest absolute Gasteiger partial charge is 0.368 e. The van der Waals surface area contributed by atoms with Crippen LogP contribution in [0.4, 0.5) is 14.7 Å². The van der Waals surface area contributed by atoms with Crippen molar-refractivity contribution < 1.29 is 13.6 Å². The molecular formula is C25H22F2N8O. The summed E-state index contributed by atoms with van der Waals surface area (Å²) < 4.78 is 30.8. The molecule has 0 saturated carbocycles. The first-order valence-corrected chi connectivity index (χ1v) is 11.4. The van der Waals surface area contributed by atoms with Crippen molar-refractivity contribution in [2.45, 2.75) is 19.4 Å². The molecule has 1 saturated heterocycles. The van der Waals surface area contributed by atoms with E-state index in [9.17, 15) is 13.6 Å². The molecule has 2 aromatic heterocycles. The van der Waals surface area contributed by atoms with Gasteiger partial charge in [-0.15, -0.1) is 5.10 Å². The van der Waals surface area contributed by atoms with Crippen LogP contribution in [0.3, 0.4) is 0 Å². The molecule has 182 valence electrons. The number of nitriles is 1. The Morgan fingerprint density at radius 3 is 2.83 bits per heavy atom. The smallest absolute Gasteiger partial charge is 0.224 e. The number of anilines is 1. The predicted molar refractivity (Wildman–Crippen MR) is 127 cm³/mol. The van der Waals surface area contributed by atoms with Gasteiger partial charge in [-0.1, -0.05) is 18.2 Å². The van der Waals surface area contributed by atoms with E-state index in [0.717, 1.165) is 12.0 Å². The highest BCUT2D eigenvalue weighted by molar-refractivity contribution is 5.80. The summed E-state index contributed by atoms with van der Waals surface area (Å²) in [4.78, 5) is 20.5. The van der Waals surface area contributed by atoms with Crippen LogP contribution in [0.25, 0.3) is 16.9 Å². The molecule has 1 fully saturated rings. The fourth-order valence-corrected chi connectivity index (χ4v) is 4.33. The zero-order valence-corrected chi connectivity index (χ0v) is 19.1. The van der Waals surface area contributed by atoms with E-state index in [0.29, 0.717) is 36.7 Å². The summed E-state index contributed by atoms with van der Waals surface area (Å²) >= 11 is 0. The highest BCUT2D eigenvalue weighted by atomic mass is 19.1. The highest BCUT2D eigenvalue weighted by Gasteiger charge is 2.23. The first-order valence-electron chi connectivity index (χ1n) is 11.4. The predicted octanol–water partition coefficient (Wildman–Crippen LogP) is 2.34. The third-order valence-corrected chi connectivity index (χ3v) is 6.21. The number of nitrogens with one attached hydrogen (secondary N) is 2. The SMILES string of the molecule is N#Cc1cccc(-c2cc3nc(Cc4c(F)cccc4CNCC4CCNC4=O)nn3c(N)n2)c1F. The third kappa shape index (κ3) is 4.46. The fourth-order valence-electron chi connectivity index (χ4n) is 4.33. The van der Waals surface area contributed by atoms with E-state index >= 15 is 0 Å². The lowest BCUT2D eigenvalue weighted by Gasteiger charge is -2.12. The van der Waals surface area contributed by atoms with Crippen molar-refractivity contribution in [3.05, 3.63) is 76.6 Å². The Labute approximate surface area is 205 Å². The summed E-state index contributed by atoms with van der Waals surface area (Å²) in [5, 5.41) is 19.5. The van der Waals surface area contributed by atoms with Gasteiger partial charge in [0, 0.05) is 37.7 Å². The number of hydrogen-bond acceptors (Lipinski definition) is 7. The molecular weight excluding hydrogens is 466 g/mol. The van der Waals surface area contributed by atoms with Crippen LogP contribution < -0.4 is 16.4 Å². The molecule has 1 atom stereocenters. The Bertz CT molecular complexity index is 1510. The Balaban J connectivity index is 1.41. The number of nitrogens with zero attached hydrogens (tertiary/aromatic N) is 5. The number of carbonyl (C=O) groups excluding carboxylic acids is 1. The Kier molecular flexibility index (Phi) is 6.26. The monoisotopic (exact) mass is 488 g/mol. The lowest BCUT2D eigenvalue weighted by Crippen LogP contribution is -2.28. The van der Waals surface area contributed by atoms with Gasteiger partial charge in [-0.2, -0.15) is 9.78 Å². The third-order valence-electron chi connectivity index (χ3n) is 6.21. The molecule has 1 aliphatic heterocycles. The van der Waals surface area contributed by atoms with Gasteiger partial charge >= 0.3 is 0 Å². The Hall–Kier alpha value is -4.43. The minimum atomic E-state index is -0.699. The van der Waals surface area contributed by atoms with Crippen molar-refractivity contribution in [1.82, 2.24) is 30.2 Å². The maximum atomic E-state index is 14.8. The average Bonchev–Trinajstić information content (AvgIpc) is 3.47. The van der Waals surface area contributed by atoms with E-state index in [1.165, 1.54) is 28.8 Å². The average molecular weight is 489 g/mol. The number of halogens is 2. The second kappa shape index (κ2) is 9.67. The molecule has 4 N–H and O–H groups in total. The van der Waals surface area contributed by atoms with E-state index in [-0.39, 0.29) is 41.0 Å². The molecule has 1 unspecified atom stereocenters. The van der Waals surface area contributed by atoms with Gasteiger partial charge in [-0.25, -0.2) is 18.7 Å². The summed E-state index contributed by atoms with van der Waals surface area (Å²) in [7, 11) is 0. The molecule has 2 aromatic carbocycles. The van der Waals surface area contributed by atoms with Crippen molar-refractivity contribution in [3.8, 4) is 17.3 Å². The van der Waals surface area contributed by atoms with Crippen molar-refractivity contribution in [3.63, 3.8) is 0 Å². The number of rotatable bonds is 7. The number of aromatic nitrogens is 4. The molecule has 1 amide bonds. The minimum absolute atomic E-state index is 0.0201. The summed E-state index contributed by atoms with van der Waals surface area (Å²) in [6.07, 6.45) is 0.873. The highest BCUT2D eigenvalue weighted by Crippen LogP contribution is 2.26. The molecule has 36 heavy (non-hydrogen) atoms. The maximum Gasteiger partial charge on any atom is 0.224 e. The first kappa shape index (κ1) is 23.3. The number of carbonyl (C=O) groups is 1. The normalized spacial score (nSPS) is 15.2. The van der Waals surface area contributed by atoms with Crippen LogP contribution in [0.5, 0.6) is 0 Å². The van der Waals surface area contributed by atoms with Crippen LogP contribution in [0.1, 0.15) is 28.9 Å². The van der Waals surface area contributed by atoms with E-state index in [2.05, 4.69) is 25.7 Å². The number of nitrogen functional groups attached to an aromatic ring is 1. The molecule has 5 rings (SSSR count). The van der Waals surface area contributed by atoms with Gasteiger partial charge in [-0.05, 0) is 35.7 Å². The van der Waals surface area contributed by atoms with Gasteiger partial charge in [0.05, 0.1) is 17.2 Å². The van der Waals surface area contributed by atoms with Gasteiger partial charge in [0.25, 0.3) is 0 Å². The number of hydrogen-bond donors (Lipinski definition) is 3. The second-order valence-corrected chi connectivity index (χ2v) is 8.54. The Morgan fingerprint density at radius 2 is 2.06 bits per heavy atom. The van der Waals surface area contributed by atoms with Crippen LogP contribution in [-0.2, 0) is 17.8 Å². The minimum Gasteiger partial charge on any atom is -0.368 e. The first-order chi connectivity index (χ1) is 17.4. The van der Waals surface area contributed by atoms with E-state index in [1.807, 2.05) is 6.07 Å². The van der Waals surface area contributed by atoms with Gasteiger partial charge in [0.2, 0.25) is 11.9 Å². The number of nitrogens with two attached hydrogens (primary N) is 1. The second-order valence-electron chi connectivity index (χ2n) is 8.54. The zero-order chi connectivity index (χ0) is 25.2. The molecule has 4 aromatic rings. The lowest BCUT2D eigenvalue weighted by atomic mass is 10.0. The Morgan fingerprint density at radius 1 is 1.22 bits per heavy atom. The molecule has 9 nitrogen and oxygen atoms in total. The summed E-state index contributed by atoms with van der Waals surface area (Å²) in [5.41, 5.74) is 7.76. The van der Waals surface area contributed by atoms with E-state index in [4.69, 9.17) is 11.0 Å². The van der Waals surface area contributed by atoms with Crippen LogP contribution in [0, 0.1) is 28.9 Å². The van der Waals surface area contributed by atoms with E-state index < -0.39 is 11.6 Å². The maximum absolute atomic E-state index is 14.8. The van der Waals surface area contributed by atoms with Crippen LogP contribution in [0.2, 0.25) is 0 Å². The quantitative estimate of drug-likeness (QED) is 0.364. The van der Waals surface area contributed by atoms with Crippen LogP contribution in [-0.4, -0.2) is 38.6 Å². The van der Waals surface area contributed by atoms with Gasteiger partial charge in [-0.3, -0.25) is 4.79 Å². The topological polar surface area (TPSA) is 134 Å². The van der Waals surface area contributed by atoms with Crippen LogP contribution >= 0.6 is 0 Å². The molecule has 0 spiro atoms.